The standard InChI is InChI=1S/C15H12N2O5S2/c1-22-12-7-6-9(8-10(12)14(18)19)24(20,21)17-15-16-11-4-2-3-5-13(11)23-15/h2-8H,1H3,(H,16,17)(H,18,19). The van der Waals surface area contributed by atoms with Crippen molar-refractivity contribution >= 4 is 42.7 Å². The molecule has 7 nitrogen and oxygen atoms in total. The number of aromatic carboxylic acids is 1. The number of thiazole rings is 1. The molecule has 0 spiro atoms. The highest BCUT2D eigenvalue weighted by atomic mass is 32.2. The molecule has 2 aromatic carbocycles. The lowest BCUT2D eigenvalue weighted by molar-refractivity contribution is 0.0693. The molecule has 0 unspecified atom stereocenters. The lowest BCUT2D eigenvalue weighted by atomic mass is 10.2. The third kappa shape index (κ3) is 3.03. The quantitative estimate of drug-likeness (QED) is 0.721. The molecule has 1 aromatic heterocycles. The van der Waals surface area contributed by atoms with Crippen molar-refractivity contribution in [1.82, 2.24) is 4.98 Å². The summed E-state index contributed by atoms with van der Waals surface area (Å²) in [5, 5.41) is 9.38. The highest BCUT2D eigenvalue weighted by Gasteiger charge is 2.20. The van der Waals surface area contributed by atoms with Gasteiger partial charge in [0, 0.05) is 0 Å². The van der Waals surface area contributed by atoms with Crippen LogP contribution in [-0.2, 0) is 10.0 Å². The first-order valence-corrected chi connectivity index (χ1v) is 9.00. The molecule has 0 amide bonds. The van der Waals surface area contributed by atoms with Crippen LogP contribution in [0.15, 0.2) is 47.4 Å². The third-order valence-electron chi connectivity index (χ3n) is 3.23. The topological polar surface area (TPSA) is 106 Å². The lowest BCUT2D eigenvalue weighted by Crippen LogP contribution is -2.14. The highest BCUT2D eigenvalue weighted by molar-refractivity contribution is 7.93. The van der Waals surface area contributed by atoms with Crippen LogP contribution in [0.2, 0.25) is 0 Å². The minimum Gasteiger partial charge on any atom is -0.496 e. The second-order valence-corrected chi connectivity index (χ2v) is 7.47. The van der Waals surface area contributed by atoms with Gasteiger partial charge in [0.25, 0.3) is 10.0 Å². The van der Waals surface area contributed by atoms with Crippen molar-refractivity contribution in [3.8, 4) is 5.75 Å². The fourth-order valence-corrected chi connectivity index (χ4v) is 4.24. The maximum atomic E-state index is 12.5. The predicted octanol–water partition coefficient (Wildman–Crippen LogP) is 2.80. The van der Waals surface area contributed by atoms with Gasteiger partial charge in [0.05, 0.1) is 22.2 Å². The minimum atomic E-state index is -3.96. The minimum absolute atomic E-state index is 0.0847. The molecule has 1 heterocycles. The number of rotatable bonds is 5. The van der Waals surface area contributed by atoms with Gasteiger partial charge in [0.1, 0.15) is 11.3 Å². The van der Waals surface area contributed by atoms with Crippen LogP contribution in [0.5, 0.6) is 5.75 Å². The van der Waals surface area contributed by atoms with E-state index in [1.165, 1.54) is 30.6 Å². The molecule has 0 saturated heterocycles. The molecule has 0 saturated carbocycles. The number of methoxy groups -OCH3 is 1. The van der Waals surface area contributed by atoms with Crippen molar-refractivity contribution in [1.29, 1.82) is 0 Å². The van der Waals surface area contributed by atoms with Crippen molar-refractivity contribution in [2.75, 3.05) is 11.8 Å². The Balaban J connectivity index is 1.98. The van der Waals surface area contributed by atoms with Gasteiger partial charge in [0.2, 0.25) is 0 Å². The lowest BCUT2D eigenvalue weighted by Gasteiger charge is -2.09. The van der Waals surface area contributed by atoms with E-state index in [9.17, 15) is 13.2 Å². The smallest absolute Gasteiger partial charge is 0.339 e. The Morgan fingerprint density at radius 2 is 2.00 bits per heavy atom. The zero-order valence-electron chi connectivity index (χ0n) is 12.4. The average molecular weight is 364 g/mol. The monoisotopic (exact) mass is 364 g/mol. The second-order valence-electron chi connectivity index (χ2n) is 4.76. The largest absolute Gasteiger partial charge is 0.496 e. The van der Waals surface area contributed by atoms with Crippen LogP contribution < -0.4 is 9.46 Å². The molecule has 0 fully saturated rings. The highest BCUT2D eigenvalue weighted by Crippen LogP contribution is 2.28. The van der Waals surface area contributed by atoms with Crippen LogP contribution in [0.25, 0.3) is 10.2 Å². The van der Waals surface area contributed by atoms with Crippen LogP contribution in [-0.4, -0.2) is 31.6 Å². The number of aromatic nitrogens is 1. The Morgan fingerprint density at radius 1 is 1.25 bits per heavy atom. The van der Waals surface area contributed by atoms with E-state index in [1.54, 1.807) is 6.07 Å². The van der Waals surface area contributed by atoms with Gasteiger partial charge in [-0.1, -0.05) is 23.5 Å². The molecule has 24 heavy (non-hydrogen) atoms. The SMILES string of the molecule is COc1ccc(S(=O)(=O)Nc2nc3ccccc3s2)cc1C(=O)O. The molecule has 0 atom stereocenters. The van der Waals surface area contributed by atoms with Crippen molar-refractivity contribution in [3.05, 3.63) is 48.0 Å². The number of carboxylic acid groups (broad SMARTS) is 1. The summed E-state index contributed by atoms with van der Waals surface area (Å²) in [5.41, 5.74) is 0.450. The van der Waals surface area contributed by atoms with Gasteiger partial charge in [-0.2, -0.15) is 0 Å². The van der Waals surface area contributed by atoms with Gasteiger partial charge < -0.3 is 9.84 Å². The molecular weight excluding hydrogens is 352 g/mol. The second kappa shape index (κ2) is 6.10. The molecule has 9 heteroatoms. The van der Waals surface area contributed by atoms with Crippen molar-refractivity contribution in [2.24, 2.45) is 0 Å². The fourth-order valence-electron chi connectivity index (χ4n) is 2.11. The van der Waals surface area contributed by atoms with Crippen LogP contribution in [0, 0.1) is 0 Å². The number of hydrogen-bond acceptors (Lipinski definition) is 6. The molecule has 3 aromatic rings. The van der Waals surface area contributed by atoms with Crippen molar-refractivity contribution in [3.63, 3.8) is 0 Å². The zero-order valence-corrected chi connectivity index (χ0v) is 14.0. The van der Waals surface area contributed by atoms with E-state index < -0.39 is 16.0 Å². The number of anilines is 1. The number of carboxylic acids is 1. The molecule has 124 valence electrons. The summed E-state index contributed by atoms with van der Waals surface area (Å²) in [4.78, 5) is 15.3. The molecule has 3 rings (SSSR count). The third-order valence-corrected chi connectivity index (χ3v) is 5.64. The van der Waals surface area contributed by atoms with Gasteiger partial charge in [-0.05, 0) is 30.3 Å². The van der Waals surface area contributed by atoms with E-state index in [1.807, 2.05) is 18.2 Å². The zero-order chi connectivity index (χ0) is 17.3. The summed E-state index contributed by atoms with van der Waals surface area (Å²) >= 11 is 1.19. The first-order chi connectivity index (χ1) is 11.4. The van der Waals surface area contributed by atoms with E-state index in [0.29, 0.717) is 5.52 Å². The molecule has 0 bridgehead atoms. The fraction of sp³-hybridized carbons (Fsp3) is 0.0667. The van der Waals surface area contributed by atoms with E-state index in [-0.39, 0.29) is 21.3 Å². The molecular formula is C15H12N2O5S2. The molecule has 0 radical (unpaired) electrons. The number of sulfonamides is 1. The van der Waals surface area contributed by atoms with Gasteiger partial charge in [-0.25, -0.2) is 18.2 Å². The molecule has 0 aliphatic carbocycles. The summed E-state index contributed by atoms with van der Waals surface area (Å²) in [6.07, 6.45) is 0. The van der Waals surface area contributed by atoms with Crippen LogP contribution in [0.4, 0.5) is 5.13 Å². The van der Waals surface area contributed by atoms with Gasteiger partial charge in [-0.15, -0.1) is 0 Å². The summed E-state index contributed by atoms with van der Waals surface area (Å²) in [5.74, 6) is -1.19. The number of benzene rings is 2. The Bertz CT molecular complexity index is 994. The number of carbonyl (C=O) groups is 1. The van der Waals surface area contributed by atoms with Crippen LogP contribution in [0.3, 0.4) is 0 Å². The normalized spacial score (nSPS) is 11.4. The summed E-state index contributed by atoms with van der Waals surface area (Å²) in [6.45, 7) is 0. The van der Waals surface area contributed by atoms with Gasteiger partial charge in [0.15, 0.2) is 5.13 Å². The maximum Gasteiger partial charge on any atom is 0.339 e. The van der Waals surface area contributed by atoms with Gasteiger partial charge in [-0.3, -0.25) is 4.72 Å². The number of hydrogen-bond donors (Lipinski definition) is 2. The number of nitrogens with zero attached hydrogens (tertiary/aromatic N) is 1. The molecule has 0 aliphatic rings. The van der Waals surface area contributed by atoms with Crippen molar-refractivity contribution in [2.45, 2.75) is 4.90 Å². The first-order valence-electron chi connectivity index (χ1n) is 6.70. The summed E-state index contributed by atoms with van der Waals surface area (Å²) < 4.78 is 33.1. The van der Waals surface area contributed by atoms with Gasteiger partial charge >= 0.3 is 5.97 Å². The molecule has 0 aliphatic heterocycles. The number of ether oxygens (including phenoxy) is 1. The summed E-state index contributed by atoms with van der Waals surface area (Å²) in [6, 6.07) is 10.9. The summed E-state index contributed by atoms with van der Waals surface area (Å²) in [7, 11) is -2.65. The first kappa shape index (κ1) is 16.2. The Hall–Kier alpha value is -2.65. The number of para-hydroxylation sites is 1. The Labute approximate surface area is 141 Å². The van der Waals surface area contributed by atoms with Crippen LogP contribution in [0.1, 0.15) is 10.4 Å². The van der Waals surface area contributed by atoms with E-state index in [4.69, 9.17) is 9.84 Å². The maximum absolute atomic E-state index is 12.5. The Morgan fingerprint density at radius 3 is 2.67 bits per heavy atom. The van der Waals surface area contributed by atoms with E-state index >= 15 is 0 Å². The van der Waals surface area contributed by atoms with E-state index in [0.717, 1.165) is 10.8 Å². The number of fused-ring (bicyclic) bond motifs is 1. The van der Waals surface area contributed by atoms with Crippen molar-refractivity contribution < 1.29 is 23.1 Å². The average Bonchev–Trinajstić information content (AvgIpc) is 2.95. The number of nitrogens with one attached hydrogen (secondary N) is 1. The molecule has 2 N–H and O–H groups in total. The Kier molecular flexibility index (Phi) is 4.12. The predicted molar refractivity (Wildman–Crippen MR) is 90.4 cm³/mol. The van der Waals surface area contributed by atoms with Crippen LogP contribution >= 0.6 is 11.3 Å². The van der Waals surface area contributed by atoms with E-state index in [2.05, 4.69) is 9.71 Å².